The monoisotopic (exact) mass is 276 g/mol. The third-order valence-corrected chi connectivity index (χ3v) is 3.49. The minimum atomic E-state index is -0.626. The molecule has 6 heteroatoms. The van der Waals surface area contributed by atoms with Crippen molar-refractivity contribution in [2.75, 3.05) is 32.7 Å². The highest BCUT2D eigenvalue weighted by atomic mass is 16.2. The summed E-state index contributed by atoms with van der Waals surface area (Å²) in [5.41, 5.74) is 12.0. The van der Waals surface area contributed by atoms with Gasteiger partial charge in [-0.05, 0) is 5.56 Å². The fourth-order valence-corrected chi connectivity index (χ4v) is 2.35. The van der Waals surface area contributed by atoms with Crippen LogP contribution in [0, 0.1) is 0 Å². The smallest absolute Gasteiger partial charge is 0.244 e. The zero-order valence-electron chi connectivity index (χ0n) is 11.4. The molecule has 0 saturated carbocycles. The first-order valence-electron chi connectivity index (χ1n) is 6.68. The summed E-state index contributed by atoms with van der Waals surface area (Å²) in [6, 6.07) is 8.71. The molecule has 0 bridgehead atoms. The van der Waals surface area contributed by atoms with Gasteiger partial charge in [-0.1, -0.05) is 30.3 Å². The zero-order valence-corrected chi connectivity index (χ0v) is 11.4. The first-order valence-corrected chi connectivity index (χ1v) is 6.68. The number of carbonyl (C=O) groups is 2. The van der Waals surface area contributed by atoms with Crippen LogP contribution < -0.4 is 11.5 Å². The van der Waals surface area contributed by atoms with Crippen molar-refractivity contribution in [1.82, 2.24) is 9.80 Å². The molecule has 0 aliphatic carbocycles. The molecule has 2 amide bonds. The van der Waals surface area contributed by atoms with Crippen molar-refractivity contribution >= 4 is 11.8 Å². The zero-order chi connectivity index (χ0) is 14.5. The van der Waals surface area contributed by atoms with Gasteiger partial charge in [0.2, 0.25) is 11.8 Å². The second kappa shape index (κ2) is 6.49. The normalized spacial score (nSPS) is 17.8. The van der Waals surface area contributed by atoms with Gasteiger partial charge in [-0.3, -0.25) is 14.5 Å². The molecule has 1 aliphatic rings. The summed E-state index contributed by atoms with van der Waals surface area (Å²) in [6.07, 6.45) is 0. The van der Waals surface area contributed by atoms with Crippen LogP contribution in [0.1, 0.15) is 11.6 Å². The van der Waals surface area contributed by atoms with Gasteiger partial charge in [-0.25, -0.2) is 0 Å². The van der Waals surface area contributed by atoms with Gasteiger partial charge in [-0.15, -0.1) is 0 Å². The molecule has 20 heavy (non-hydrogen) atoms. The molecule has 1 saturated heterocycles. The predicted molar refractivity (Wildman–Crippen MR) is 75.6 cm³/mol. The lowest BCUT2D eigenvalue weighted by Crippen LogP contribution is -2.52. The Morgan fingerprint density at radius 1 is 1.10 bits per heavy atom. The number of benzene rings is 1. The van der Waals surface area contributed by atoms with Crippen molar-refractivity contribution < 1.29 is 9.59 Å². The molecule has 1 fully saturated rings. The van der Waals surface area contributed by atoms with Gasteiger partial charge in [-0.2, -0.15) is 0 Å². The van der Waals surface area contributed by atoms with E-state index >= 15 is 0 Å². The Hall–Kier alpha value is -1.92. The number of piperazine rings is 1. The topological polar surface area (TPSA) is 92.7 Å². The fraction of sp³-hybridized carbons (Fsp3) is 0.429. The number of primary amides is 1. The van der Waals surface area contributed by atoms with Crippen LogP contribution in [0.5, 0.6) is 0 Å². The van der Waals surface area contributed by atoms with Crippen LogP contribution in [0.2, 0.25) is 0 Å². The van der Waals surface area contributed by atoms with Crippen molar-refractivity contribution in [3.05, 3.63) is 35.9 Å². The standard InChI is InChI=1S/C14H20N4O2/c15-12(19)10-17-6-8-18(9-7-17)14(20)13(16)11-4-2-1-3-5-11/h1-5,13H,6-10,16H2,(H2,15,19)/t13-/m0/s1. The minimum Gasteiger partial charge on any atom is -0.369 e. The Balaban J connectivity index is 1.90. The lowest BCUT2D eigenvalue weighted by Gasteiger charge is -2.35. The third kappa shape index (κ3) is 3.55. The highest BCUT2D eigenvalue weighted by Gasteiger charge is 2.26. The van der Waals surface area contributed by atoms with Crippen LogP contribution in [0.4, 0.5) is 0 Å². The van der Waals surface area contributed by atoms with Gasteiger partial charge in [0.25, 0.3) is 0 Å². The van der Waals surface area contributed by atoms with Crippen molar-refractivity contribution in [3.63, 3.8) is 0 Å². The van der Waals surface area contributed by atoms with Crippen molar-refractivity contribution in [2.45, 2.75) is 6.04 Å². The Labute approximate surface area is 118 Å². The molecule has 6 nitrogen and oxygen atoms in total. The second-order valence-electron chi connectivity index (χ2n) is 4.96. The van der Waals surface area contributed by atoms with Crippen molar-refractivity contribution in [1.29, 1.82) is 0 Å². The maximum atomic E-state index is 12.3. The van der Waals surface area contributed by atoms with E-state index in [0.717, 1.165) is 5.56 Å². The molecule has 0 unspecified atom stereocenters. The molecular formula is C14H20N4O2. The van der Waals surface area contributed by atoms with E-state index in [9.17, 15) is 9.59 Å². The Bertz CT molecular complexity index is 469. The number of nitrogens with zero attached hydrogens (tertiary/aromatic N) is 2. The van der Waals surface area contributed by atoms with E-state index in [0.29, 0.717) is 26.2 Å². The van der Waals surface area contributed by atoms with Gasteiger partial charge in [0.1, 0.15) is 6.04 Å². The number of amides is 2. The van der Waals surface area contributed by atoms with Crippen LogP contribution in [0.3, 0.4) is 0 Å². The molecule has 1 aliphatic heterocycles. The van der Waals surface area contributed by atoms with Crippen molar-refractivity contribution in [2.24, 2.45) is 11.5 Å². The summed E-state index contributed by atoms with van der Waals surface area (Å²) in [7, 11) is 0. The van der Waals surface area contributed by atoms with Crippen LogP contribution in [0.25, 0.3) is 0 Å². The summed E-state index contributed by atoms with van der Waals surface area (Å²) in [4.78, 5) is 26.9. The van der Waals surface area contributed by atoms with Crippen LogP contribution in [0.15, 0.2) is 30.3 Å². The Morgan fingerprint density at radius 3 is 2.25 bits per heavy atom. The minimum absolute atomic E-state index is 0.0741. The molecule has 1 atom stereocenters. The quantitative estimate of drug-likeness (QED) is 0.762. The van der Waals surface area contributed by atoms with E-state index in [2.05, 4.69) is 0 Å². The van der Waals surface area contributed by atoms with E-state index in [1.165, 1.54) is 0 Å². The lowest BCUT2D eigenvalue weighted by atomic mass is 10.1. The second-order valence-corrected chi connectivity index (χ2v) is 4.96. The van der Waals surface area contributed by atoms with Gasteiger partial charge in [0.15, 0.2) is 0 Å². The molecule has 1 aromatic carbocycles. The average Bonchev–Trinajstić information content (AvgIpc) is 2.47. The molecule has 0 radical (unpaired) electrons. The summed E-state index contributed by atoms with van der Waals surface area (Å²) < 4.78 is 0. The number of nitrogens with two attached hydrogens (primary N) is 2. The summed E-state index contributed by atoms with van der Waals surface area (Å²) in [5, 5.41) is 0. The molecule has 1 aromatic rings. The Kier molecular flexibility index (Phi) is 4.70. The number of hydrogen-bond acceptors (Lipinski definition) is 4. The SMILES string of the molecule is NC(=O)CN1CCN(C(=O)[C@@H](N)c2ccccc2)CC1. The lowest BCUT2D eigenvalue weighted by molar-refractivity contribution is -0.134. The molecule has 0 aromatic heterocycles. The summed E-state index contributed by atoms with van der Waals surface area (Å²) >= 11 is 0. The summed E-state index contributed by atoms with van der Waals surface area (Å²) in [5.74, 6) is -0.416. The molecule has 108 valence electrons. The van der Waals surface area contributed by atoms with Crippen molar-refractivity contribution in [3.8, 4) is 0 Å². The fourth-order valence-electron chi connectivity index (χ4n) is 2.35. The van der Waals surface area contributed by atoms with E-state index < -0.39 is 6.04 Å². The van der Waals surface area contributed by atoms with Crippen LogP contribution in [-0.2, 0) is 9.59 Å². The first-order chi connectivity index (χ1) is 9.58. The highest BCUT2D eigenvalue weighted by molar-refractivity contribution is 5.83. The number of carbonyl (C=O) groups excluding carboxylic acids is 2. The first kappa shape index (κ1) is 14.5. The maximum Gasteiger partial charge on any atom is 0.244 e. The van der Waals surface area contributed by atoms with Gasteiger partial charge >= 0.3 is 0 Å². The average molecular weight is 276 g/mol. The number of rotatable bonds is 4. The van der Waals surface area contributed by atoms with E-state index in [1.54, 1.807) is 4.90 Å². The van der Waals surface area contributed by atoms with Gasteiger partial charge < -0.3 is 16.4 Å². The maximum absolute atomic E-state index is 12.3. The van der Waals surface area contributed by atoms with E-state index in [4.69, 9.17) is 11.5 Å². The molecule has 2 rings (SSSR count). The highest BCUT2D eigenvalue weighted by Crippen LogP contribution is 2.14. The Morgan fingerprint density at radius 2 is 1.70 bits per heavy atom. The number of hydrogen-bond donors (Lipinski definition) is 2. The molecule has 0 spiro atoms. The third-order valence-electron chi connectivity index (χ3n) is 3.49. The van der Waals surface area contributed by atoms with Gasteiger partial charge in [0, 0.05) is 26.2 Å². The molecule has 1 heterocycles. The van der Waals surface area contributed by atoms with Crippen LogP contribution in [-0.4, -0.2) is 54.3 Å². The summed E-state index contributed by atoms with van der Waals surface area (Å²) in [6.45, 7) is 2.69. The molecule has 4 N–H and O–H groups in total. The predicted octanol–water partition coefficient (Wildman–Crippen LogP) is -0.684. The van der Waals surface area contributed by atoms with E-state index in [1.807, 2.05) is 35.2 Å². The molecular weight excluding hydrogens is 256 g/mol. The van der Waals surface area contributed by atoms with Gasteiger partial charge in [0.05, 0.1) is 6.54 Å². The largest absolute Gasteiger partial charge is 0.369 e. The van der Waals surface area contributed by atoms with E-state index in [-0.39, 0.29) is 18.4 Å². The van der Waals surface area contributed by atoms with Crippen LogP contribution >= 0.6 is 0 Å².